The van der Waals surface area contributed by atoms with Crippen LogP contribution in [0.25, 0.3) is 37.6 Å². The Labute approximate surface area is 226 Å². The normalized spacial score (nSPS) is 24.3. The summed E-state index contributed by atoms with van der Waals surface area (Å²) in [6.07, 6.45) is 5.14. The second-order valence-electron chi connectivity index (χ2n) is 12.4. The zero-order chi connectivity index (χ0) is 25.0. The lowest BCUT2D eigenvalue weighted by atomic mass is 9.36. The monoisotopic (exact) mass is 506 g/mol. The highest BCUT2D eigenvalue weighted by atomic mass is 32.1. The number of benzene rings is 4. The van der Waals surface area contributed by atoms with Gasteiger partial charge in [0.1, 0.15) is 0 Å². The van der Waals surface area contributed by atoms with E-state index in [1.54, 1.807) is 11.0 Å². The van der Waals surface area contributed by atoms with Gasteiger partial charge < -0.3 is 9.47 Å². The van der Waals surface area contributed by atoms with Crippen molar-refractivity contribution in [1.29, 1.82) is 0 Å². The van der Waals surface area contributed by atoms with E-state index in [1.807, 2.05) is 11.3 Å². The van der Waals surface area contributed by atoms with E-state index in [1.165, 1.54) is 84.9 Å². The van der Waals surface area contributed by atoms with E-state index in [0.717, 1.165) is 0 Å². The Hall–Kier alpha value is -3.50. The minimum atomic E-state index is 0.0883. The number of nitrogens with zero attached hydrogens (tertiary/aromatic N) is 2. The van der Waals surface area contributed by atoms with Crippen molar-refractivity contribution < 1.29 is 0 Å². The van der Waals surface area contributed by atoms with Crippen LogP contribution in [-0.2, 0) is 5.41 Å². The number of thiophene rings is 1. The van der Waals surface area contributed by atoms with Crippen LogP contribution in [0, 0.1) is 0 Å². The van der Waals surface area contributed by atoms with Crippen LogP contribution >= 0.6 is 11.3 Å². The summed E-state index contributed by atoms with van der Waals surface area (Å²) >= 11 is 2.01. The lowest BCUT2D eigenvalue weighted by Gasteiger charge is -2.51. The molecule has 4 aliphatic rings. The third-order valence-corrected chi connectivity index (χ3v) is 12.1. The molecule has 1 fully saturated rings. The van der Waals surface area contributed by atoms with Gasteiger partial charge >= 0.3 is 0 Å². The third-order valence-electron chi connectivity index (χ3n) is 10.9. The van der Waals surface area contributed by atoms with E-state index in [2.05, 4.69) is 102 Å². The molecule has 2 unspecified atom stereocenters. The number of rotatable bonds is 0. The lowest BCUT2D eigenvalue weighted by Crippen LogP contribution is -2.63. The smallest absolute Gasteiger partial charge is 0.264 e. The van der Waals surface area contributed by atoms with E-state index in [-0.39, 0.29) is 17.7 Å². The van der Waals surface area contributed by atoms with E-state index in [4.69, 9.17) is 0 Å². The molecule has 38 heavy (non-hydrogen) atoms. The highest BCUT2D eigenvalue weighted by molar-refractivity contribution is 7.33. The van der Waals surface area contributed by atoms with Gasteiger partial charge in [-0.15, -0.1) is 11.3 Å². The van der Waals surface area contributed by atoms with Crippen molar-refractivity contribution in [3.63, 3.8) is 0 Å². The fraction of sp³-hybridized carbons (Fsp3) is 0.235. The van der Waals surface area contributed by atoms with Gasteiger partial charge in [0, 0.05) is 42.4 Å². The summed E-state index contributed by atoms with van der Waals surface area (Å²) in [5, 5.41) is 4.21. The Morgan fingerprint density at radius 2 is 1.55 bits per heavy atom. The van der Waals surface area contributed by atoms with Crippen LogP contribution in [0.15, 0.2) is 78.9 Å². The van der Waals surface area contributed by atoms with Crippen molar-refractivity contribution in [2.45, 2.75) is 50.5 Å². The lowest BCUT2D eigenvalue weighted by molar-refractivity contribution is 0.195. The minimum Gasteiger partial charge on any atom is -0.335 e. The number of aromatic nitrogens is 1. The van der Waals surface area contributed by atoms with Crippen LogP contribution in [0.5, 0.6) is 0 Å². The Morgan fingerprint density at radius 3 is 2.47 bits per heavy atom. The molecule has 4 aromatic carbocycles. The van der Waals surface area contributed by atoms with Crippen molar-refractivity contribution in [3.8, 4) is 5.69 Å². The topological polar surface area (TPSA) is 8.17 Å². The summed E-state index contributed by atoms with van der Waals surface area (Å²) < 4.78 is 5.54. The Morgan fingerprint density at radius 1 is 0.789 bits per heavy atom. The van der Waals surface area contributed by atoms with Gasteiger partial charge in [-0.1, -0.05) is 74.4 Å². The van der Waals surface area contributed by atoms with Gasteiger partial charge in [-0.2, -0.15) is 0 Å². The first-order valence-electron chi connectivity index (χ1n) is 14.1. The molecule has 2 atom stereocenters. The zero-order valence-corrected chi connectivity index (χ0v) is 22.5. The predicted octanol–water partition coefficient (Wildman–Crippen LogP) is 6.88. The molecule has 1 saturated carbocycles. The highest BCUT2D eigenvalue weighted by Crippen LogP contribution is 2.62. The SMILES string of the molecule is CC12CCCCC1(C)N1c3ccccc3B3c4sc5ccccc5c4-n4c5ccccc5c5cc2c1c3c54. The molecule has 0 bridgehead atoms. The molecule has 10 rings (SSSR count). The third kappa shape index (κ3) is 1.98. The van der Waals surface area contributed by atoms with Crippen molar-refractivity contribution in [1.82, 2.24) is 4.57 Å². The summed E-state index contributed by atoms with van der Waals surface area (Å²) in [6, 6.07) is 30.2. The first-order valence-corrected chi connectivity index (χ1v) is 14.9. The summed E-state index contributed by atoms with van der Waals surface area (Å²) in [4.78, 5) is 2.82. The number of fused-ring (bicyclic) bond motifs is 14. The van der Waals surface area contributed by atoms with E-state index in [9.17, 15) is 0 Å². The van der Waals surface area contributed by atoms with E-state index < -0.39 is 0 Å². The molecule has 3 aliphatic heterocycles. The Kier molecular flexibility index (Phi) is 3.43. The second-order valence-corrected chi connectivity index (χ2v) is 13.5. The molecule has 0 spiro atoms. The number of hydrogen-bond donors (Lipinski definition) is 0. The van der Waals surface area contributed by atoms with Gasteiger partial charge in [-0.05, 0) is 60.5 Å². The number of anilines is 2. The van der Waals surface area contributed by atoms with Gasteiger partial charge in [-0.25, -0.2) is 0 Å². The molecular formula is C34H27BN2S. The predicted molar refractivity (Wildman–Crippen MR) is 164 cm³/mol. The Bertz CT molecular complexity index is 2050. The minimum absolute atomic E-state index is 0.0883. The fourth-order valence-electron chi connectivity index (χ4n) is 9.06. The highest BCUT2D eigenvalue weighted by Gasteiger charge is 2.61. The molecule has 182 valence electrons. The average molecular weight is 506 g/mol. The molecular weight excluding hydrogens is 479 g/mol. The maximum Gasteiger partial charge on any atom is 0.264 e. The van der Waals surface area contributed by atoms with E-state index in [0.29, 0.717) is 0 Å². The molecule has 0 saturated heterocycles. The summed E-state index contributed by atoms with van der Waals surface area (Å²) in [7, 11) is 0. The van der Waals surface area contributed by atoms with Gasteiger partial charge in [0.15, 0.2) is 0 Å². The molecule has 5 heterocycles. The fourth-order valence-corrected chi connectivity index (χ4v) is 10.4. The van der Waals surface area contributed by atoms with E-state index >= 15 is 0 Å². The Balaban J connectivity index is 1.50. The van der Waals surface area contributed by atoms with Crippen LogP contribution in [0.3, 0.4) is 0 Å². The summed E-state index contributed by atoms with van der Waals surface area (Å²) in [5.41, 5.74) is 12.0. The first-order chi connectivity index (χ1) is 18.6. The summed E-state index contributed by atoms with van der Waals surface area (Å²) in [6.45, 7) is 5.43. The number of hydrogen-bond acceptors (Lipinski definition) is 2. The van der Waals surface area contributed by atoms with Crippen molar-refractivity contribution in [2.24, 2.45) is 0 Å². The molecule has 6 aromatic rings. The molecule has 2 aromatic heterocycles. The molecule has 4 heteroatoms. The zero-order valence-electron chi connectivity index (χ0n) is 21.7. The molecule has 0 radical (unpaired) electrons. The van der Waals surface area contributed by atoms with Gasteiger partial charge in [0.2, 0.25) is 0 Å². The van der Waals surface area contributed by atoms with Crippen LogP contribution < -0.4 is 20.6 Å². The maximum atomic E-state index is 2.82. The van der Waals surface area contributed by atoms with Gasteiger partial charge in [0.05, 0.1) is 22.3 Å². The van der Waals surface area contributed by atoms with Gasteiger partial charge in [-0.3, -0.25) is 0 Å². The first kappa shape index (κ1) is 20.5. The van der Waals surface area contributed by atoms with Crippen LogP contribution in [0.4, 0.5) is 11.4 Å². The largest absolute Gasteiger partial charge is 0.335 e. The van der Waals surface area contributed by atoms with Crippen LogP contribution in [-0.4, -0.2) is 16.8 Å². The average Bonchev–Trinajstić information content (AvgIpc) is 3.55. The standard InChI is InChI=1S/C34H27BN2S/c1-33-17-9-10-18-34(33,2)37-26-15-7-5-13-24(26)35-28-29-22(19-23(33)31(28)37)20-11-3-6-14-25(20)36(29)30-21-12-4-8-16-27(21)38-32(30)35/h3-8,11-16,19H,9-10,17-18H2,1-2H3. The van der Waals surface area contributed by atoms with Crippen LogP contribution in [0.2, 0.25) is 0 Å². The maximum absolute atomic E-state index is 2.82. The van der Waals surface area contributed by atoms with Crippen LogP contribution in [0.1, 0.15) is 45.1 Å². The van der Waals surface area contributed by atoms with Crippen molar-refractivity contribution >= 4 is 77.0 Å². The number of para-hydroxylation sites is 2. The molecule has 0 N–H and O–H groups in total. The molecule has 2 nitrogen and oxygen atoms in total. The summed E-state index contributed by atoms with van der Waals surface area (Å²) in [5.74, 6) is 0. The second kappa shape index (κ2) is 6.38. The molecule has 1 aliphatic carbocycles. The quantitative estimate of drug-likeness (QED) is 0.204. The molecule has 0 amide bonds. The van der Waals surface area contributed by atoms with Gasteiger partial charge in [0.25, 0.3) is 6.71 Å². The van der Waals surface area contributed by atoms with Crippen molar-refractivity contribution in [2.75, 3.05) is 4.90 Å². The van der Waals surface area contributed by atoms with Crippen molar-refractivity contribution in [3.05, 3.63) is 84.4 Å².